The van der Waals surface area contributed by atoms with Crippen LogP contribution in [0.4, 0.5) is 0 Å². The summed E-state index contributed by atoms with van der Waals surface area (Å²) in [6, 6.07) is 10.8. The lowest BCUT2D eigenvalue weighted by Crippen LogP contribution is -2.47. The molecule has 1 aromatic heterocycles. The number of hydrogen-bond donors (Lipinski definition) is 0. The third-order valence-corrected chi connectivity index (χ3v) is 5.47. The van der Waals surface area contributed by atoms with Gasteiger partial charge in [-0.05, 0) is 51.4 Å². The van der Waals surface area contributed by atoms with Gasteiger partial charge in [0, 0.05) is 24.3 Å². The average molecular weight is 324 g/mol. The zero-order valence-corrected chi connectivity index (χ0v) is 14.1. The van der Waals surface area contributed by atoms with Crippen molar-refractivity contribution in [1.29, 1.82) is 0 Å². The number of amides is 1. The molecule has 2 aromatic rings. The molecule has 2 aliphatic rings. The molecule has 1 amide bonds. The van der Waals surface area contributed by atoms with Gasteiger partial charge in [0.1, 0.15) is 5.69 Å². The summed E-state index contributed by atoms with van der Waals surface area (Å²) in [7, 11) is 2.19. The molecule has 0 spiro atoms. The van der Waals surface area contributed by atoms with E-state index in [0.717, 1.165) is 31.6 Å². The van der Waals surface area contributed by atoms with Crippen molar-refractivity contribution in [2.24, 2.45) is 0 Å². The molecule has 0 saturated carbocycles. The summed E-state index contributed by atoms with van der Waals surface area (Å²) in [5.41, 5.74) is 1.64. The highest BCUT2D eigenvalue weighted by Crippen LogP contribution is 2.30. The maximum absolute atomic E-state index is 13.2. The Morgan fingerprint density at radius 3 is 2.58 bits per heavy atom. The van der Waals surface area contributed by atoms with Gasteiger partial charge >= 0.3 is 0 Å². The minimum atomic E-state index is 0.110. The van der Waals surface area contributed by atoms with Crippen LogP contribution in [0.25, 0.3) is 5.69 Å². The second-order valence-corrected chi connectivity index (χ2v) is 6.88. The Morgan fingerprint density at radius 1 is 1.08 bits per heavy atom. The Balaban J connectivity index is 1.61. The van der Waals surface area contributed by atoms with Gasteiger partial charge in [0.15, 0.2) is 0 Å². The molecule has 0 bridgehead atoms. The fraction of sp³-hybridized carbons (Fsp3) is 0.474. The topological polar surface area (TPSA) is 41.4 Å². The molecule has 2 saturated heterocycles. The standard InChI is InChI=1S/C19H24N4O/c1-21-11-5-9-16(21)17-10-6-12-22(17)19(24)18-13-20-14-23(18)15-7-3-2-4-8-15/h2-4,7-8,13-14,16-17H,5-6,9-12H2,1H3/t16-,17+/m0/s1. The van der Waals surface area contributed by atoms with E-state index in [1.54, 1.807) is 12.5 Å². The number of carbonyl (C=O) groups excluding carboxylic acids is 1. The Bertz CT molecular complexity index is 711. The van der Waals surface area contributed by atoms with E-state index in [1.807, 2.05) is 34.9 Å². The maximum atomic E-state index is 13.2. The number of nitrogens with zero attached hydrogens (tertiary/aromatic N) is 4. The number of carbonyl (C=O) groups is 1. The second-order valence-electron chi connectivity index (χ2n) is 6.88. The number of benzene rings is 1. The van der Waals surface area contributed by atoms with Crippen molar-refractivity contribution in [1.82, 2.24) is 19.4 Å². The Hall–Kier alpha value is -2.14. The Labute approximate surface area is 142 Å². The normalized spacial score (nSPS) is 24.6. The van der Waals surface area contributed by atoms with Gasteiger partial charge in [-0.25, -0.2) is 4.98 Å². The smallest absolute Gasteiger partial charge is 0.272 e. The van der Waals surface area contributed by atoms with E-state index in [9.17, 15) is 4.79 Å². The number of likely N-dealkylation sites (tertiary alicyclic amines) is 2. The zero-order valence-electron chi connectivity index (χ0n) is 14.1. The van der Waals surface area contributed by atoms with Crippen LogP contribution in [-0.2, 0) is 0 Å². The third kappa shape index (κ3) is 2.63. The SMILES string of the molecule is CN1CCC[C@H]1[C@H]1CCCN1C(=O)c1cncn1-c1ccccc1. The van der Waals surface area contributed by atoms with E-state index in [0.29, 0.717) is 17.8 Å². The fourth-order valence-electron chi connectivity index (χ4n) is 4.26. The minimum absolute atomic E-state index is 0.110. The van der Waals surface area contributed by atoms with E-state index in [-0.39, 0.29) is 5.91 Å². The van der Waals surface area contributed by atoms with E-state index in [1.165, 1.54) is 12.8 Å². The van der Waals surface area contributed by atoms with Crippen LogP contribution in [-0.4, -0.2) is 57.5 Å². The van der Waals surface area contributed by atoms with Crippen molar-refractivity contribution in [3.8, 4) is 5.69 Å². The van der Waals surface area contributed by atoms with E-state index < -0.39 is 0 Å². The second kappa shape index (κ2) is 6.40. The summed E-state index contributed by atoms with van der Waals surface area (Å²) in [6.45, 7) is 2.00. The lowest BCUT2D eigenvalue weighted by atomic mass is 10.0. The van der Waals surface area contributed by atoms with Crippen molar-refractivity contribution in [3.63, 3.8) is 0 Å². The van der Waals surface area contributed by atoms with Gasteiger partial charge in [-0.1, -0.05) is 18.2 Å². The van der Waals surface area contributed by atoms with Gasteiger partial charge in [0.2, 0.25) is 0 Å². The number of likely N-dealkylation sites (N-methyl/N-ethyl adjacent to an activating group) is 1. The van der Waals surface area contributed by atoms with Crippen LogP contribution < -0.4 is 0 Å². The number of para-hydroxylation sites is 1. The quantitative estimate of drug-likeness (QED) is 0.871. The summed E-state index contributed by atoms with van der Waals surface area (Å²) in [6.07, 6.45) is 8.07. The van der Waals surface area contributed by atoms with Gasteiger partial charge in [-0.15, -0.1) is 0 Å². The molecule has 5 nitrogen and oxygen atoms in total. The molecule has 0 radical (unpaired) electrons. The summed E-state index contributed by atoms with van der Waals surface area (Å²) in [5.74, 6) is 0.110. The predicted molar refractivity (Wildman–Crippen MR) is 93.3 cm³/mol. The first kappa shape index (κ1) is 15.4. The lowest BCUT2D eigenvalue weighted by Gasteiger charge is -2.33. The predicted octanol–water partition coefficient (Wildman–Crippen LogP) is 2.57. The monoisotopic (exact) mass is 324 g/mol. The molecule has 4 rings (SSSR count). The van der Waals surface area contributed by atoms with Crippen molar-refractivity contribution >= 4 is 5.91 Å². The Morgan fingerprint density at radius 2 is 1.83 bits per heavy atom. The molecular weight excluding hydrogens is 300 g/mol. The van der Waals surface area contributed by atoms with Crippen LogP contribution in [0, 0.1) is 0 Å². The van der Waals surface area contributed by atoms with Crippen molar-refractivity contribution < 1.29 is 4.79 Å². The lowest BCUT2D eigenvalue weighted by molar-refractivity contribution is 0.0656. The average Bonchev–Trinajstić information content (AvgIpc) is 3.34. The van der Waals surface area contributed by atoms with Crippen LogP contribution in [0.3, 0.4) is 0 Å². The van der Waals surface area contributed by atoms with E-state index in [2.05, 4.69) is 21.8 Å². The zero-order chi connectivity index (χ0) is 16.5. The van der Waals surface area contributed by atoms with Crippen molar-refractivity contribution in [2.75, 3.05) is 20.1 Å². The van der Waals surface area contributed by atoms with Gasteiger partial charge in [-0.2, -0.15) is 0 Å². The van der Waals surface area contributed by atoms with Crippen molar-refractivity contribution in [2.45, 2.75) is 37.8 Å². The fourth-order valence-corrected chi connectivity index (χ4v) is 4.26. The Kier molecular flexibility index (Phi) is 4.10. The summed E-state index contributed by atoms with van der Waals surface area (Å²) >= 11 is 0. The van der Waals surface area contributed by atoms with Gasteiger partial charge in [0.05, 0.1) is 12.5 Å². The van der Waals surface area contributed by atoms with Crippen LogP contribution in [0.1, 0.15) is 36.2 Å². The molecule has 0 unspecified atom stereocenters. The molecule has 126 valence electrons. The van der Waals surface area contributed by atoms with Crippen LogP contribution in [0.5, 0.6) is 0 Å². The number of imidazole rings is 1. The van der Waals surface area contributed by atoms with Crippen LogP contribution in [0.15, 0.2) is 42.9 Å². The first-order valence-corrected chi connectivity index (χ1v) is 8.84. The summed E-state index contributed by atoms with van der Waals surface area (Å²) < 4.78 is 1.90. The highest BCUT2D eigenvalue weighted by Gasteiger charge is 2.39. The molecule has 24 heavy (non-hydrogen) atoms. The highest BCUT2D eigenvalue weighted by atomic mass is 16.2. The van der Waals surface area contributed by atoms with Gasteiger partial charge < -0.3 is 9.80 Å². The highest BCUT2D eigenvalue weighted by molar-refractivity contribution is 5.93. The number of hydrogen-bond acceptors (Lipinski definition) is 3. The third-order valence-electron chi connectivity index (χ3n) is 5.47. The summed E-state index contributed by atoms with van der Waals surface area (Å²) in [4.78, 5) is 22.0. The minimum Gasteiger partial charge on any atom is -0.333 e. The molecule has 0 N–H and O–H groups in total. The van der Waals surface area contributed by atoms with E-state index in [4.69, 9.17) is 0 Å². The largest absolute Gasteiger partial charge is 0.333 e. The molecule has 0 aliphatic carbocycles. The van der Waals surface area contributed by atoms with Crippen LogP contribution >= 0.6 is 0 Å². The molecule has 5 heteroatoms. The molecule has 3 heterocycles. The first-order valence-electron chi connectivity index (χ1n) is 8.84. The van der Waals surface area contributed by atoms with Gasteiger partial charge in [0.25, 0.3) is 5.91 Å². The maximum Gasteiger partial charge on any atom is 0.272 e. The van der Waals surface area contributed by atoms with Crippen molar-refractivity contribution in [3.05, 3.63) is 48.5 Å². The summed E-state index contributed by atoms with van der Waals surface area (Å²) in [5, 5.41) is 0. The molecule has 2 aliphatic heterocycles. The molecule has 2 atom stereocenters. The number of rotatable bonds is 3. The van der Waals surface area contributed by atoms with E-state index >= 15 is 0 Å². The molecular formula is C19H24N4O. The molecule has 2 fully saturated rings. The van der Waals surface area contributed by atoms with Gasteiger partial charge in [-0.3, -0.25) is 9.36 Å². The molecule has 1 aromatic carbocycles. The first-order chi connectivity index (χ1) is 11.8. The number of aromatic nitrogens is 2. The van der Waals surface area contributed by atoms with Crippen LogP contribution in [0.2, 0.25) is 0 Å².